The van der Waals surface area contributed by atoms with Gasteiger partial charge in [-0.25, -0.2) is 9.67 Å². The van der Waals surface area contributed by atoms with Gasteiger partial charge < -0.3 is 15.0 Å². The van der Waals surface area contributed by atoms with Crippen LogP contribution in [-0.4, -0.2) is 39.7 Å². The molecule has 0 aliphatic carbocycles. The number of benzene rings is 2. The Bertz CT molecular complexity index is 1050. The zero-order chi connectivity index (χ0) is 20.9. The second kappa shape index (κ2) is 8.77. The third-order valence-corrected chi connectivity index (χ3v) is 4.99. The molecular weight excluding hydrogens is 382 g/mol. The van der Waals surface area contributed by atoms with Crippen LogP contribution in [0.15, 0.2) is 55.1 Å². The fourth-order valence-corrected chi connectivity index (χ4v) is 3.47. The fourth-order valence-electron chi connectivity index (χ4n) is 3.47. The summed E-state index contributed by atoms with van der Waals surface area (Å²) in [5.41, 5.74) is 3.15. The van der Waals surface area contributed by atoms with E-state index in [0.29, 0.717) is 43.1 Å². The summed E-state index contributed by atoms with van der Waals surface area (Å²) in [7, 11) is 0. The standard InChI is InChI=1S/C22H23N5O3/c1-2-21(28)27-9-8-16-12-17(6-7-20(16)27)22(29)25-18-4-3-5-19(13-18)30-11-10-26-15-23-14-24-26/h3-7,12-15H,2,8-11H2,1H3,(H,25,29). The summed E-state index contributed by atoms with van der Waals surface area (Å²) in [5.74, 6) is 0.569. The highest BCUT2D eigenvalue weighted by Gasteiger charge is 2.24. The molecule has 154 valence electrons. The van der Waals surface area contributed by atoms with Gasteiger partial charge in [-0.3, -0.25) is 9.59 Å². The number of rotatable bonds is 7. The lowest BCUT2D eigenvalue weighted by molar-refractivity contribution is -0.118. The molecule has 2 amide bonds. The molecule has 2 heterocycles. The van der Waals surface area contributed by atoms with Crippen molar-refractivity contribution in [2.24, 2.45) is 0 Å². The summed E-state index contributed by atoms with van der Waals surface area (Å²) in [6.07, 6.45) is 4.35. The minimum absolute atomic E-state index is 0.103. The topological polar surface area (TPSA) is 89.4 Å². The highest BCUT2D eigenvalue weighted by atomic mass is 16.5. The number of anilines is 2. The molecule has 0 bridgehead atoms. The summed E-state index contributed by atoms with van der Waals surface area (Å²) < 4.78 is 7.42. The molecule has 0 saturated heterocycles. The van der Waals surface area contributed by atoms with Crippen LogP contribution in [0.1, 0.15) is 29.3 Å². The number of ether oxygens (including phenoxy) is 1. The van der Waals surface area contributed by atoms with Crippen LogP contribution >= 0.6 is 0 Å². The number of carbonyl (C=O) groups is 2. The van der Waals surface area contributed by atoms with Gasteiger partial charge in [-0.1, -0.05) is 13.0 Å². The highest BCUT2D eigenvalue weighted by Crippen LogP contribution is 2.29. The number of amides is 2. The first-order chi connectivity index (χ1) is 14.6. The number of carbonyl (C=O) groups excluding carboxylic acids is 2. The Hall–Kier alpha value is -3.68. The van der Waals surface area contributed by atoms with Crippen LogP contribution in [0.3, 0.4) is 0 Å². The Balaban J connectivity index is 1.39. The highest BCUT2D eigenvalue weighted by molar-refractivity contribution is 6.05. The second-order valence-corrected chi connectivity index (χ2v) is 6.98. The van der Waals surface area contributed by atoms with Gasteiger partial charge in [-0.05, 0) is 42.3 Å². The summed E-state index contributed by atoms with van der Waals surface area (Å²) in [6, 6.07) is 12.8. The molecule has 1 N–H and O–H groups in total. The fraction of sp³-hybridized carbons (Fsp3) is 0.273. The maximum atomic E-state index is 12.7. The van der Waals surface area contributed by atoms with E-state index < -0.39 is 0 Å². The second-order valence-electron chi connectivity index (χ2n) is 6.98. The van der Waals surface area contributed by atoms with Crippen molar-refractivity contribution in [2.75, 3.05) is 23.4 Å². The van der Waals surface area contributed by atoms with Gasteiger partial charge in [-0.2, -0.15) is 5.10 Å². The molecule has 3 aromatic rings. The minimum Gasteiger partial charge on any atom is -0.492 e. The molecule has 0 spiro atoms. The number of hydrogen-bond acceptors (Lipinski definition) is 5. The van der Waals surface area contributed by atoms with Gasteiger partial charge in [0, 0.05) is 36.0 Å². The molecule has 1 aliphatic heterocycles. The predicted molar refractivity (Wildman–Crippen MR) is 113 cm³/mol. The Kier molecular flexibility index (Phi) is 5.74. The molecular formula is C22H23N5O3. The predicted octanol–water partition coefficient (Wildman–Crippen LogP) is 2.91. The Morgan fingerprint density at radius 3 is 2.90 bits per heavy atom. The molecule has 0 fully saturated rings. The van der Waals surface area contributed by atoms with Crippen LogP contribution in [-0.2, 0) is 17.8 Å². The van der Waals surface area contributed by atoms with E-state index in [1.807, 2.05) is 37.3 Å². The summed E-state index contributed by atoms with van der Waals surface area (Å²) in [5, 5.41) is 6.94. The number of nitrogens with one attached hydrogen (secondary N) is 1. The van der Waals surface area contributed by atoms with Gasteiger partial charge in [0.1, 0.15) is 25.0 Å². The molecule has 4 rings (SSSR count). The van der Waals surface area contributed by atoms with Gasteiger partial charge in [0.05, 0.1) is 6.54 Å². The van der Waals surface area contributed by atoms with Crippen molar-refractivity contribution < 1.29 is 14.3 Å². The van der Waals surface area contributed by atoms with Crippen LogP contribution in [0.4, 0.5) is 11.4 Å². The molecule has 2 aromatic carbocycles. The van der Waals surface area contributed by atoms with Crippen LogP contribution in [0.5, 0.6) is 5.75 Å². The lowest BCUT2D eigenvalue weighted by Crippen LogP contribution is -2.27. The van der Waals surface area contributed by atoms with Crippen molar-refractivity contribution in [1.82, 2.24) is 14.8 Å². The van der Waals surface area contributed by atoms with Gasteiger partial charge in [0.2, 0.25) is 5.91 Å². The maximum absolute atomic E-state index is 12.7. The monoisotopic (exact) mass is 405 g/mol. The molecule has 8 nitrogen and oxygen atoms in total. The quantitative estimate of drug-likeness (QED) is 0.653. The Morgan fingerprint density at radius 1 is 1.20 bits per heavy atom. The first kappa shape index (κ1) is 19.6. The first-order valence-electron chi connectivity index (χ1n) is 9.94. The van der Waals surface area contributed by atoms with Crippen LogP contribution < -0.4 is 15.0 Å². The lowest BCUT2D eigenvalue weighted by Gasteiger charge is -2.16. The summed E-state index contributed by atoms with van der Waals surface area (Å²) in [6.45, 7) is 3.55. The molecule has 0 atom stereocenters. The molecule has 30 heavy (non-hydrogen) atoms. The molecule has 8 heteroatoms. The zero-order valence-corrected chi connectivity index (χ0v) is 16.7. The Morgan fingerprint density at radius 2 is 2.10 bits per heavy atom. The van der Waals surface area contributed by atoms with E-state index in [1.165, 1.54) is 6.33 Å². The molecule has 1 aliphatic rings. The first-order valence-corrected chi connectivity index (χ1v) is 9.94. The molecule has 0 unspecified atom stereocenters. The van der Waals surface area contributed by atoms with E-state index in [1.54, 1.807) is 28.0 Å². The molecule has 0 radical (unpaired) electrons. The molecule has 1 aromatic heterocycles. The van der Waals surface area contributed by atoms with E-state index in [-0.39, 0.29) is 11.8 Å². The van der Waals surface area contributed by atoms with Gasteiger partial charge in [0.15, 0.2) is 0 Å². The maximum Gasteiger partial charge on any atom is 0.255 e. The minimum atomic E-state index is -0.196. The van der Waals surface area contributed by atoms with E-state index in [0.717, 1.165) is 17.7 Å². The summed E-state index contributed by atoms with van der Waals surface area (Å²) >= 11 is 0. The molecule has 0 saturated carbocycles. The number of hydrogen-bond donors (Lipinski definition) is 1. The van der Waals surface area contributed by atoms with Crippen molar-refractivity contribution >= 4 is 23.2 Å². The Labute approximate surface area is 174 Å². The van der Waals surface area contributed by atoms with E-state index >= 15 is 0 Å². The van der Waals surface area contributed by atoms with Gasteiger partial charge in [0.25, 0.3) is 5.91 Å². The van der Waals surface area contributed by atoms with Crippen molar-refractivity contribution in [3.63, 3.8) is 0 Å². The largest absolute Gasteiger partial charge is 0.492 e. The van der Waals surface area contributed by atoms with Crippen LogP contribution in [0.2, 0.25) is 0 Å². The number of nitrogens with zero attached hydrogens (tertiary/aromatic N) is 4. The third-order valence-electron chi connectivity index (χ3n) is 4.99. The smallest absolute Gasteiger partial charge is 0.255 e. The van der Waals surface area contributed by atoms with Crippen molar-refractivity contribution in [2.45, 2.75) is 26.3 Å². The average molecular weight is 405 g/mol. The average Bonchev–Trinajstić information content (AvgIpc) is 3.43. The lowest BCUT2D eigenvalue weighted by atomic mass is 10.1. The van der Waals surface area contributed by atoms with Crippen LogP contribution in [0, 0.1) is 0 Å². The van der Waals surface area contributed by atoms with E-state index in [2.05, 4.69) is 15.4 Å². The van der Waals surface area contributed by atoms with Gasteiger partial charge >= 0.3 is 0 Å². The number of fused-ring (bicyclic) bond motifs is 1. The summed E-state index contributed by atoms with van der Waals surface area (Å²) in [4.78, 5) is 30.4. The van der Waals surface area contributed by atoms with Crippen LogP contribution in [0.25, 0.3) is 0 Å². The van der Waals surface area contributed by atoms with Crippen molar-refractivity contribution in [3.8, 4) is 5.75 Å². The third kappa shape index (κ3) is 4.32. The SMILES string of the molecule is CCC(=O)N1CCc2cc(C(=O)Nc3cccc(OCCn4cncn4)c3)ccc21. The zero-order valence-electron chi connectivity index (χ0n) is 16.7. The van der Waals surface area contributed by atoms with E-state index in [4.69, 9.17) is 4.74 Å². The number of aromatic nitrogens is 3. The van der Waals surface area contributed by atoms with Crippen molar-refractivity contribution in [1.29, 1.82) is 0 Å². The van der Waals surface area contributed by atoms with Gasteiger partial charge in [-0.15, -0.1) is 0 Å². The normalized spacial score (nSPS) is 12.5. The van der Waals surface area contributed by atoms with E-state index in [9.17, 15) is 9.59 Å². The van der Waals surface area contributed by atoms with Crippen molar-refractivity contribution in [3.05, 3.63) is 66.2 Å².